The molecule has 0 saturated heterocycles. The number of hydrogen-bond acceptors (Lipinski definition) is 7. The second-order valence-electron chi connectivity index (χ2n) is 4.74. The lowest BCUT2D eigenvalue weighted by Crippen LogP contribution is -2.46. The number of rotatable bonds is 6. The third kappa shape index (κ3) is 5.71. The van der Waals surface area contributed by atoms with E-state index in [0.29, 0.717) is 0 Å². The van der Waals surface area contributed by atoms with Crippen molar-refractivity contribution in [2.75, 3.05) is 6.61 Å². The van der Waals surface area contributed by atoms with Crippen LogP contribution >= 0.6 is 0 Å². The molecule has 0 amide bonds. The summed E-state index contributed by atoms with van der Waals surface area (Å²) in [6.07, 6.45) is -0.0911. The first-order valence-electron chi connectivity index (χ1n) is 5.70. The van der Waals surface area contributed by atoms with Crippen LogP contribution in [0.3, 0.4) is 0 Å². The van der Waals surface area contributed by atoms with Crippen LogP contribution < -0.4 is 0 Å². The van der Waals surface area contributed by atoms with E-state index < -0.39 is 23.3 Å². The molecule has 0 saturated carbocycles. The Morgan fingerprint density at radius 2 is 1.63 bits per heavy atom. The van der Waals surface area contributed by atoms with Gasteiger partial charge >= 0.3 is 12.1 Å². The maximum Gasteiger partial charge on any atom is 0.540 e. The monoisotopic (exact) mass is 276 g/mol. The van der Waals surface area contributed by atoms with Gasteiger partial charge in [0, 0.05) is 11.5 Å². The fourth-order valence-corrected chi connectivity index (χ4v) is 0.674. The fourth-order valence-electron chi connectivity index (χ4n) is 0.674. The summed E-state index contributed by atoms with van der Waals surface area (Å²) in [4.78, 5) is 40.7. The van der Waals surface area contributed by atoms with Crippen LogP contribution in [0.4, 0.5) is 4.79 Å². The zero-order valence-corrected chi connectivity index (χ0v) is 11.8. The summed E-state index contributed by atoms with van der Waals surface area (Å²) in [7, 11) is 0. The van der Waals surface area contributed by atoms with Crippen LogP contribution in [-0.2, 0) is 29.1 Å². The summed E-state index contributed by atoms with van der Waals surface area (Å²) in [5, 5.41) is 0. The van der Waals surface area contributed by atoms with Gasteiger partial charge in [-0.2, -0.15) is 0 Å². The first kappa shape index (κ1) is 17.4. The maximum atomic E-state index is 11.1. The van der Waals surface area contributed by atoms with Gasteiger partial charge in [0.1, 0.15) is 0 Å². The number of carbonyl (C=O) groups excluding carboxylic acids is 2. The number of carbonyl (C=O) groups is 2. The Kier molecular flexibility index (Phi) is 6.51. The van der Waals surface area contributed by atoms with E-state index in [0.717, 1.165) is 6.08 Å². The second kappa shape index (κ2) is 7.10. The zero-order valence-electron chi connectivity index (χ0n) is 11.8. The van der Waals surface area contributed by atoms with Crippen molar-refractivity contribution < 1.29 is 33.9 Å². The van der Waals surface area contributed by atoms with Crippen molar-refractivity contribution >= 4 is 12.1 Å². The molecule has 0 N–H and O–H groups in total. The van der Waals surface area contributed by atoms with Gasteiger partial charge < -0.3 is 4.74 Å². The lowest BCUT2D eigenvalue weighted by Gasteiger charge is -2.36. The minimum absolute atomic E-state index is 0.140. The highest BCUT2D eigenvalue weighted by molar-refractivity contribution is 5.80. The van der Waals surface area contributed by atoms with E-state index in [4.69, 9.17) is 9.78 Å². The Bertz CT molecular complexity index is 331. The topological polar surface area (TPSA) is 80.3 Å². The largest absolute Gasteiger partial charge is 0.540 e. The van der Waals surface area contributed by atoms with E-state index in [2.05, 4.69) is 21.1 Å². The van der Waals surface area contributed by atoms with Crippen LogP contribution in [0.15, 0.2) is 12.7 Å². The van der Waals surface area contributed by atoms with E-state index in [9.17, 15) is 9.59 Å². The Balaban J connectivity index is 4.65. The van der Waals surface area contributed by atoms with Crippen molar-refractivity contribution in [3.05, 3.63) is 12.7 Å². The highest BCUT2D eigenvalue weighted by Crippen LogP contribution is 2.35. The molecule has 0 spiro atoms. The summed E-state index contributed by atoms with van der Waals surface area (Å²) in [6, 6.07) is 0. The van der Waals surface area contributed by atoms with Crippen molar-refractivity contribution in [3.8, 4) is 0 Å². The Hall–Kier alpha value is -1.60. The van der Waals surface area contributed by atoms with Crippen molar-refractivity contribution in [3.63, 3.8) is 0 Å². The molecule has 0 fully saturated rings. The number of ether oxygens (including phenoxy) is 1. The third-order valence-corrected chi connectivity index (χ3v) is 2.34. The van der Waals surface area contributed by atoms with Crippen molar-refractivity contribution in [1.82, 2.24) is 0 Å². The fraction of sp³-hybridized carbons (Fsp3) is 0.667. The molecule has 0 aromatic heterocycles. The third-order valence-electron chi connectivity index (χ3n) is 2.34. The number of hydrogen-bond donors (Lipinski definition) is 0. The van der Waals surface area contributed by atoms with Crippen LogP contribution in [0.2, 0.25) is 0 Å². The zero-order chi connectivity index (χ0) is 15.1. The molecule has 0 radical (unpaired) electrons. The summed E-state index contributed by atoms with van der Waals surface area (Å²) in [5.74, 6) is -2.31. The molecule has 0 heterocycles. The maximum absolute atomic E-state index is 11.1. The second-order valence-corrected chi connectivity index (χ2v) is 4.74. The molecule has 0 aliphatic heterocycles. The Labute approximate surface area is 112 Å². The summed E-state index contributed by atoms with van der Waals surface area (Å²) >= 11 is 0. The van der Waals surface area contributed by atoms with Crippen LogP contribution in [-0.4, -0.2) is 24.5 Å². The molecule has 1 unspecified atom stereocenters. The van der Waals surface area contributed by atoms with Gasteiger partial charge in [-0.25, -0.2) is 9.59 Å². The van der Waals surface area contributed by atoms with E-state index in [1.807, 2.05) is 0 Å². The molecule has 7 heteroatoms. The predicted octanol–water partition coefficient (Wildman–Crippen LogP) is 2.51. The molecule has 110 valence electrons. The molecule has 0 aromatic rings. The van der Waals surface area contributed by atoms with Gasteiger partial charge in [-0.15, -0.1) is 9.78 Å². The van der Waals surface area contributed by atoms with Crippen molar-refractivity contribution in [2.24, 2.45) is 5.41 Å². The molecule has 0 aliphatic rings. The normalized spacial score (nSPS) is 14.2. The Morgan fingerprint density at radius 3 is 2.05 bits per heavy atom. The molecule has 7 nitrogen and oxygen atoms in total. The average molecular weight is 276 g/mol. The molecule has 1 atom stereocenters. The highest BCUT2D eigenvalue weighted by Gasteiger charge is 2.45. The molecule has 0 rings (SSSR count). The van der Waals surface area contributed by atoms with Gasteiger partial charge in [0.2, 0.25) is 0 Å². The van der Waals surface area contributed by atoms with Gasteiger partial charge in [0.15, 0.2) is 0 Å². The molecule has 0 bridgehead atoms. The minimum atomic E-state index is -1.52. The van der Waals surface area contributed by atoms with Crippen LogP contribution in [0.5, 0.6) is 0 Å². The first-order valence-corrected chi connectivity index (χ1v) is 5.70. The Morgan fingerprint density at radius 1 is 1.11 bits per heavy atom. The van der Waals surface area contributed by atoms with Gasteiger partial charge in [0.05, 0.1) is 6.61 Å². The quantitative estimate of drug-likeness (QED) is 0.242. The lowest BCUT2D eigenvalue weighted by atomic mass is 9.87. The van der Waals surface area contributed by atoms with Gasteiger partial charge in [-0.05, 0) is 13.8 Å². The molecular weight excluding hydrogens is 256 g/mol. The summed E-state index contributed by atoms with van der Waals surface area (Å²) in [6.45, 7) is 11.6. The van der Waals surface area contributed by atoms with E-state index in [1.54, 1.807) is 27.7 Å². The summed E-state index contributed by atoms with van der Waals surface area (Å²) in [5.41, 5.74) is -0.666. The molecule has 0 aliphatic carbocycles. The SMILES string of the molecule is C=CC(=O)OOC(C)(OOC(=O)OCC)C(C)(C)C. The highest BCUT2D eigenvalue weighted by atomic mass is 17.3. The lowest BCUT2D eigenvalue weighted by molar-refractivity contribution is -0.498. The van der Waals surface area contributed by atoms with Crippen molar-refractivity contribution in [1.29, 1.82) is 0 Å². The molecular formula is C12H20O7. The van der Waals surface area contributed by atoms with Crippen molar-refractivity contribution in [2.45, 2.75) is 40.4 Å². The summed E-state index contributed by atoms with van der Waals surface area (Å²) < 4.78 is 4.53. The predicted molar refractivity (Wildman–Crippen MR) is 64.4 cm³/mol. The van der Waals surface area contributed by atoms with Crippen LogP contribution in [0.25, 0.3) is 0 Å². The first-order chi connectivity index (χ1) is 8.66. The molecule has 0 aromatic carbocycles. The van der Waals surface area contributed by atoms with Gasteiger partial charge in [-0.1, -0.05) is 27.4 Å². The minimum Gasteiger partial charge on any atom is -0.433 e. The van der Waals surface area contributed by atoms with E-state index >= 15 is 0 Å². The van der Waals surface area contributed by atoms with Crippen LogP contribution in [0.1, 0.15) is 34.6 Å². The van der Waals surface area contributed by atoms with E-state index in [-0.39, 0.29) is 6.61 Å². The smallest absolute Gasteiger partial charge is 0.433 e. The van der Waals surface area contributed by atoms with E-state index in [1.165, 1.54) is 6.92 Å². The standard InChI is InChI=1S/C12H20O7/c1-7-9(13)16-18-12(6,11(3,4)5)19-17-10(14)15-8-2/h7H,1,8H2,2-6H3. The average Bonchev–Trinajstić information content (AvgIpc) is 2.32. The van der Waals surface area contributed by atoms with Crippen LogP contribution in [0, 0.1) is 5.41 Å². The van der Waals surface area contributed by atoms with Gasteiger partial charge in [0.25, 0.3) is 5.79 Å². The van der Waals surface area contributed by atoms with Gasteiger partial charge in [-0.3, -0.25) is 9.78 Å². The molecule has 19 heavy (non-hydrogen) atoms.